The SMILES string of the molecule is COc1ccc(CCN2CCC(=O)CC2C)cc1OC. The lowest BCUT2D eigenvalue weighted by atomic mass is 10.0. The van der Waals surface area contributed by atoms with E-state index < -0.39 is 0 Å². The molecule has 1 atom stereocenters. The monoisotopic (exact) mass is 277 g/mol. The molecule has 0 radical (unpaired) electrons. The van der Waals surface area contributed by atoms with Crippen LogP contribution in [0.25, 0.3) is 0 Å². The minimum absolute atomic E-state index is 0.358. The number of carbonyl (C=O) groups excluding carboxylic acids is 1. The van der Waals surface area contributed by atoms with Gasteiger partial charge in [0.1, 0.15) is 5.78 Å². The van der Waals surface area contributed by atoms with Crippen molar-refractivity contribution >= 4 is 5.78 Å². The van der Waals surface area contributed by atoms with Crippen molar-refractivity contribution in [1.29, 1.82) is 0 Å². The number of benzene rings is 1. The Morgan fingerprint density at radius 3 is 2.65 bits per heavy atom. The predicted molar refractivity (Wildman–Crippen MR) is 78.5 cm³/mol. The van der Waals surface area contributed by atoms with E-state index in [1.165, 1.54) is 5.56 Å². The summed E-state index contributed by atoms with van der Waals surface area (Å²) in [5.41, 5.74) is 1.23. The molecule has 1 fully saturated rings. The van der Waals surface area contributed by atoms with Crippen molar-refractivity contribution in [2.75, 3.05) is 27.3 Å². The molecule has 0 amide bonds. The molecule has 1 aliphatic rings. The van der Waals surface area contributed by atoms with Crippen molar-refractivity contribution in [1.82, 2.24) is 4.90 Å². The largest absolute Gasteiger partial charge is 0.493 e. The van der Waals surface area contributed by atoms with Crippen molar-refractivity contribution in [3.05, 3.63) is 23.8 Å². The van der Waals surface area contributed by atoms with Crippen LogP contribution in [0, 0.1) is 0 Å². The Morgan fingerprint density at radius 2 is 2.00 bits per heavy atom. The van der Waals surface area contributed by atoms with Gasteiger partial charge in [0, 0.05) is 32.0 Å². The van der Waals surface area contributed by atoms with Gasteiger partial charge < -0.3 is 9.47 Å². The zero-order chi connectivity index (χ0) is 14.5. The topological polar surface area (TPSA) is 38.8 Å². The molecule has 1 aromatic carbocycles. The normalized spacial score (nSPS) is 19.9. The predicted octanol–water partition coefficient (Wildman–Crippen LogP) is 2.30. The third-order valence-electron chi connectivity index (χ3n) is 3.96. The molecule has 2 rings (SSSR count). The zero-order valence-electron chi connectivity index (χ0n) is 12.5. The van der Waals surface area contributed by atoms with Gasteiger partial charge in [0.15, 0.2) is 11.5 Å². The van der Waals surface area contributed by atoms with Crippen LogP contribution in [0.2, 0.25) is 0 Å². The summed E-state index contributed by atoms with van der Waals surface area (Å²) in [6, 6.07) is 6.40. The Labute approximate surface area is 120 Å². The molecular weight excluding hydrogens is 254 g/mol. The first-order valence-electron chi connectivity index (χ1n) is 7.10. The third kappa shape index (κ3) is 3.51. The second-order valence-corrected chi connectivity index (χ2v) is 5.32. The van der Waals surface area contributed by atoms with E-state index in [0.717, 1.165) is 31.0 Å². The fraction of sp³-hybridized carbons (Fsp3) is 0.562. The van der Waals surface area contributed by atoms with E-state index in [-0.39, 0.29) is 0 Å². The quantitative estimate of drug-likeness (QED) is 0.828. The molecular formula is C16H23NO3. The number of Topliss-reactive ketones (excluding diaryl/α,β-unsaturated/α-hetero) is 1. The Bertz CT molecular complexity index is 473. The maximum absolute atomic E-state index is 11.4. The smallest absolute Gasteiger partial charge is 0.160 e. The number of ether oxygens (including phenoxy) is 2. The summed E-state index contributed by atoms with van der Waals surface area (Å²) in [4.78, 5) is 13.8. The highest BCUT2D eigenvalue weighted by Crippen LogP contribution is 2.28. The Hall–Kier alpha value is -1.55. The molecule has 1 aromatic rings. The van der Waals surface area contributed by atoms with Crippen molar-refractivity contribution < 1.29 is 14.3 Å². The summed E-state index contributed by atoms with van der Waals surface area (Å²) in [6.07, 6.45) is 2.33. The average Bonchev–Trinajstić information content (AvgIpc) is 2.46. The van der Waals surface area contributed by atoms with Gasteiger partial charge in [0.05, 0.1) is 14.2 Å². The van der Waals surface area contributed by atoms with E-state index in [2.05, 4.69) is 17.9 Å². The molecule has 1 aliphatic heterocycles. The van der Waals surface area contributed by atoms with E-state index in [1.54, 1.807) is 14.2 Å². The van der Waals surface area contributed by atoms with E-state index in [4.69, 9.17) is 9.47 Å². The number of carbonyl (C=O) groups is 1. The van der Waals surface area contributed by atoms with E-state index in [9.17, 15) is 4.79 Å². The second kappa shape index (κ2) is 6.75. The molecule has 0 saturated carbocycles. The number of ketones is 1. The van der Waals surface area contributed by atoms with Crippen molar-refractivity contribution in [2.24, 2.45) is 0 Å². The minimum atomic E-state index is 0.358. The van der Waals surface area contributed by atoms with Crippen molar-refractivity contribution in [3.63, 3.8) is 0 Å². The van der Waals surface area contributed by atoms with Crippen LogP contribution in [0.5, 0.6) is 11.5 Å². The van der Waals surface area contributed by atoms with Gasteiger partial charge >= 0.3 is 0 Å². The highest BCUT2D eigenvalue weighted by Gasteiger charge is 2.22. The van der Waals surface area contributed by atoms with E-state index in [0.29, 0.717) is 24.7 Å². The number of hydrogen-bond acceptors (Lipinski definition) is 4. The summed E-state index contributed by atoms with van der Waals surface area (Å²) in [7, 11) is 3.30. The Morgan fingerprint density at radius 1 is 1.25 bits per heavy atom. The summed E-state index contributed by atoms with van der Waals surface area (Å²) in [6.45, 7) is 3.99. The van der Waals surface area contributed by atoms with Crippen molar-refractivity contribution in [2.45, 2.75) is 32.2 Å². The van der Waals surface area contributed by atoms with Crippen LogP contribution in [-0.4, -0.2) is 44.0 Å². The summed E-state index contributed by atoms with van der Waals surface area (Å²) >= 11 is 0. The lowest BCUT2D eigenvalue weighted by molar-refractivity contribution is -0.122. The average molecular weight is 277 g/mol. The molecule has 0 bridgehead atoms. The zero-order valence-corrected chi connectivity index (χ0v) is 12.5. The van der Waals surface area contributed by atoms with Crippen LogP contribution in [0.3, 0.4) is 0 Å². The highest BCUT2D eigenvalue weighted by atomic mass is 16.5. The molecule has 1 heterocycles. The van der Waals surface area contributed by atoms with E-state index >= 15 is 0 Å². The summed E-state index contributed by atoms with van der Waals surface area (Å²) in [5, 5.41) is 0. The lowest BCUT2D eigenvalue weighted by Crippen LogP contribution is -2.41. The Kier molecular flexibility index (Phi) is 5.01. The van der Waals surface area contributed by atoms with Gasteiger partial charge in [-0.05, 0) is 31.0 Å². The highest BCUT2D eigenvalue weighted by molar-refractivity contribution is 5.79. The Balaban J connectivity index is 1.95. The van der Waals surface area contributed by atoms with Gasteiger partial charge in [-0.2, -0.15) is 0 Å². The van der Waals surface area contributed by atoms with Gasteiger partial charge in [-0.1, -0.05) is 6.07 Å². The second-order valence-electron chi connectivity index (χ2n) is 5.32. The van der Waals surface area contributed by atoms with Crippen LogP contribution in [0.1, 0.15) is 25.3 Å². The summed E-state index contributed by atoms with van der Waals surface area (Å²) in [5.74, 6) is 1.92. The first-order chi connectivity index (χ1) is 9.63. The number of nitrogens with zero attached hydrogens (tertiary/aromatic N) is 1. The van der Waals surface area contributed by atoms with Crippen LogP contribution in [0.15, 0.2) is 18.2 Å². The maximum Gasteiger partial charge on any atom is 0.160 e. The first kappa shape index (κ1) is 14.9. The van der Waals surface area contributed by atoms with Gasteiger partial charge in [-0.25, -0.2) is 0 Å². The molecule has 4 nitrogen and oxygen atoms in total. The summed E-state index contributed by atoms with van der Waals surface area (Å²) < 4.78 is 10.6. The number of methoxy groups -OCH3 is 2. The number of piperidine rings is 1. The van der Waals surface area contributed by atoms with Gasteiger partial charge in [0.25, 0.3) is 0 Å². The first-order valence-corrected chi connectivity index (χ1v) is 7.10. The van der Waals surface area contributed by atoms with Gasteiger partial charge in [0.2, 0.25) is 0 Å². The molecule has 1 unspecified atom stereocenters. The number of hydrogen-bond donors (Lipinski definition) is 0. The van der Waals surface area contributed by atoms with Gasteiger partial charge in [-0.15, -0.1) is 0 Å². The van der Waals surface area contributed by atoms with Crippen molar-refractivity contribution in [3.8, 4) is 11.5 Å². The molecule has 110 valence electrons. The van der Waals surface area contributed by atoms with Gasteiger partial charge in [-0.3, -0.25) is 9.69 Å². The third-order valence-corrected chi connectivity index (χ3v) is 3.96. The standard InChI is InChI=1S/C16H23NO3/c1-12-10-14(18)7-9-17(12)8-6-13-4-5-15(19-2)16(11-13)20-3/h4-5,11-12H,6-10H2,1-3H3. The molecule has 0 aromatic heterocycles. The number of likely N-dealkylation sites (tertiary alicyclic amines) is 1. The van der Waals surface area contributed by atoms with Crippen LogP contribution >= 0.6 is 0 Å². The van der Waals surface area contributed by atoms with E-state index in [1.807, 2.05) is 12.1 Å². The lowest BCUT2D eigenvalue weighted by Gasteiger charge is -2.32. The molecule has 0 spiro atoms. The maximum atomic E-state index is 11.4. The van der Waals surface area contributed by atoms with Crippen LogP contribution in [-0.2, 0) is 11.2 Å². The fourth-order valence-electron chi connectivity index (χ4n) is 2.69. The fourth-order valence-corrected chi connectivity index (χ4v) is 2.69. The molecule has 4 heteroatoms. The minimum Gasteiger partial charge on any atom is -0.493 e. The molecule has 1 saturated heterocycles. The number of rotatable bonds is 5. The molecule has 20 heavy (non-hydrogen) atoms. The molecule has 0 N–H and O–H groups in total. The van der Waals surface area contributed by atoms with Crippen LogP contribution < -0.4 is 9.47 Å². The van der Waals surface area contributed by atoms with Crippen LogP contribution in [0.4, 0.5) is 0 Å². The molecule has 0 aliphatic carbocycles.